The molecule has 0 radical (unpaired) electrons. The number of nitrogens with two attached hydrogens (primary N) is 2. The zero-order valence-corrected chi connectivity index (χ0v) is 70.8. The van der Waals surface area contributed by atoms with Gasteiger partial charge in [0.15, 0.2) is 5.78 Å². The maximum Gasteiger partial charge on any atom is 0.407 e. The van der Waals surface area contributed by atoms with Crippen LogP contribution in [-0.2, 0) is 107 Å². The number of carbonyl (C=O) groups is 21. The van der Waals surface area contributed by atoms with E-state index in [9.17, 15) is 131 Å². The molecular formula is C80H115N17O29. The second-order valence-corrected chi connectivity index (χ2v) is 31.1. The second-order valence-electron chi connectivity index (χ2n) is 31.1. The van der Waals surface area contributed by atoms with Gasteiger partial charge >= 0.3 is 35.9 Å². The molecule has 1 aliphatic heterocycles. The zero-order valence-electron chi connectivity index (χ0n) is 70.8. The number of fused-ring (bicyclic) bond motifs is 1. The summed E-state index contributed by atoms with van der Waals surface area (Å²) in [5.74, 6) is -30.8. The van der Waals surface area contributed by atoms with Gasteiger partial charge in [0.25, 0.3) is 0 Å². The zero-order chi connectivity index (χ0) is 94.2. The highest BCUT2D eigenvalue weighted by atomic mass is 16.6. The molecule has 126 heavy (non-hydrogen) atoms. The van der Waals surface area contributed by atoms with Gasteiger partial charge in [0.2, 0.25) is 82.7 Å². The molecule has 15 amide bonds. The number of Topliss-reactive ketones (excluding diaryl/α,β-unsaturated/α-hetero) is 1. The number of benzene rings is 2. The Morgan fingerprint density at radius 2 is 1.10 bits per heavy atom. The average Bonchev–Trinajstić information content (AvgIpc) is 1.70. The fourth-order valence-electron chi connectivity index (χ4n) is 12.8. The number of anilines is 1. The summed E-state index contributed by atoms with van der Waals surface area (Å²) in [4.78, 5) is 292. The van der Waals surface area contributed by atoms with Crippen LogP contribution in [0.5, 0.6) is 0 Å². The maximum atomic E-state index is 15.0. The smallest absolute Gasteiger partial charge is 0.407 e. The van der Waals surface area contributed by atoms with E-state index in [0.29, 0.717) is 22.9 Å². The van der Waals surface area contributed by atoms with Crippen molar-refractivity contribution < 1.29 is 141 Å². The van der Waals surface area contributed by atoms with Crippen LogP contribution < -0.4 is 85.9 Å². The molecule has 2 heterocycles. The molecule has 46 heteroatoms. The third-order valence-corrected chi connectivity index (χ3v) is 19.3. The molecule has 0 bridgehead atoms. The van der Waals surface area contributed by atoms with Crippen LogP contribution in [0.2, 0.25) is 0 Å². The number of hydrogen-bond acceptors (Lipinski definition) is 26. The number of nitrogens with one attached hydrogen (secondary N) is 15. The van der Waals surface area contributed by atoms with Gasteiger partial charge in [0, 0.05) is 47.7 Å². The van der Waals surface area contributed by atoms with Gasteiger partial charge in [0.05, 0.1) is 64.3 Å². The van der Waals surface area contributed by atoms with E-state index >= 15 is 0 Å². The quantitative estimate of drug-likeness (QED) is 0.0112. The Balaban J connectivity index is 1.91. The Bertz CT molecular complexity index is 4400. The van der Waals surface area contributed by atoms with E-state index in [-0.39, 0.29) is 37.1 Å². The lowest BCUT2D eigenvalue weighted by atomic mass is 9.96. The number of H-pyrrole nitrogens is 1. The Labute approximate surface area is 722 Å². The van der Waals surface area contributed by atoms with E-state index in [1.807, 2.05) is 16.0 Å². The SMILES string of the molecule is CCCCCCCCCCC(O)CC(=O)NC(Cc1c[nH]c2ccccc12)C(=O)NC(CC(N)=O)C(=O)NC(CC(=O)O)C(=O)NC1C(=O)NCC(=O)NC(CCCNC(=O)OC(C)(C)C)C(=O)NC(CC(=O)O)C(=O)NC(C)C(=O)NC(CC(=O)O)C(=O)NCC(=O)NC(CO)C(=O)NC(C(C)CC(=O)O)C(=O)NC(CC(=O)c2ccccc2N)C(=O)OC1C. The minimum absolute atomic E-state index is 0.213. The van der Waals surface area contributed by atoms with E-state index in [0.717, 1.165) is 65.7 Å². The summed E-state index contributed by atoms with van der Waals surface area (Å²) < 4.78 is 10.9. The number of aliphatic hydroxyl groups excluding tert-OH is 2. The Morgan fingerprint density at radius 1 is 0.563 bits per heavy atom. The van der Waals surface area contributed by atoms with Crippen LogP contribution in [0.15, 0.2) is 54.7 Å². The van der Waals surface area contributed by atoms with Crippen LogP contribution in [0.1, 0.15) is 180 Å². The molecule has 1 aromatic heterocycles. The number of aliphatic carboxylic acids is 4. The van der Waals surface area contributed by atoms with Crippen molar-refractivity contribution in [2.45, 2.75) is 255 Å². The normalized spacial score (nSPS) is 20.7. The summed E-state index contributed by atoms with van der Waals surface area (Å²) >= 11 is 0. The highest BCUT2D eigenvalue weighted by molar-refractivity contribution is 6.05. The number of para-hydroxylation sites is 2. The van der Waals surface area contributed by atoms with Gasteiger partial charge in [-0.3, -0.25) is 91.1 Å². The molecule has 14 atom stereocenters. The highest BCUT2D eigenvalue weighted by Crippen LogP contribution is 2.22. The first-order chi connectivity index (χ1) is 59.3. The van der Waals surface area contributed by atoms with E-state index in [4.69, 9.17) is 20.9 Å². The minimum Gasteiger partial charge on any atom is -0.481 e. The molecule has 3 aromatic rings. The van der Waals surface area contributed by atoms with Crippen molar-refractivity contribution in [3.05, 3.63) is 65.9 Å². The predicted octanol–water partition coefficient (Wildman–Crippen LogP) is -3.91. The first-order valence-electron chi connectivity index (χ1n) is 40.7. The molecule has 25 N–H and O–H groups in total. The summed E-state index contributed by atoms with van der Waals surface area (Å²) in [5, 5.41) is 92.2. The molecule has 0 aliphatic carbocycles. The topological polar surface area (TPSA) is 735 Å². The number of ether oxygens (including phenoxy) is 2. The number of primary amides is 1. The van der Waals surface area contributed by atoms with E-state index in [1.54, 1.807) is 24.3 Å². The molecule has 0 saturated carbocycles. The van der Waals surface area contributed by atoms with Crippen molar-refractivity contribution in [1.29, 1.82) is 0 Å². The van der Waals surface area contributed by atoms with Gasteiger partial charge in [-0.05, 0) is 83.6 Å². The number of aromatic nitrogens is 1. The minimum atomic E-state index is -2.51. The summed E-state index contributed by atoms with van der Waals surface area (Å²) in [7, 11) is 0. The predicted molar refractivity (Wildman–Crippen MR) is 441 cm³/mol. The number of ketones is 1. The third kappa shape index (κ3) is 37.7. The van der Waals surface area contributed by atoms with E-state index in [2.05, 4.69) is 70.4 Å². The Kier molecular flexibility index (Phi) is 43.5. The number of unbranched alkanes of at least 4 members (excludes halogenated alkanes) is 7. The number of hydrogen-bond donors (Lipinski definition) is 23. The van der Waals surface area contributed by atoms with Gasteiger partial charge in [0.1, 0.15) is 78.2 Å². The van der Waals surface area contributed by atoms with Gasteiger partial charge in [-0.25, -0.2) is 9.59 Å². The lowest BCUT2D eigenvalue weighted by molar-refractivity contribution is -0.156. The molecule has 4 rings (SSSR count). The molecule has 694 valence electrons. The summed E-state index contributed by atoms with van der Waals surface area (Å²) in [6, 6.07) is -11.5. The van der Waals surface area contributed by atoms with E-state index in [1.165, 1.54) is 51.2 Å². The number of carboxylic acid groups (broad SMARTS) is 4. The molecule has 1 saturated heterocycles. The van der Waals surface area contributed by atoms with Crippen molar-refractivity contribution in [1.82, 2.24) is 79.4 Å². The van der Waals surface area contributed by atoms with Crippen molar-refractivity contribution in [3.63, 3.8) is 0 Å². The number of cyclic esters (lactones) is 1. The number of aliphatic hydroxyl groups is 2. The first kappa shape index (κ1) is 105. The van der Waals surface area contributed by atoms with Crippen LogP contribution in [-0.4, -0.2) is 271 Å². The molecule has 14 unspecified atom stereocenters. The number of carbonyl (C=O) groups excluding carboxylic acids is 17. The maximum absolute atomic E-state index is 15.0. The number of rotatable bonds is 39. The summed E-state index contributed by atoms with van der Waals surface area (Å²) in [5.41, 5.74) is 11.2. The lowest BCUT2D eigenvalue weighted by Gasteiger charge is -2.30. The van der Waals surface area contributed by atoms with Crippen LogP contribution in [0, 0.1) is 5.92 Å². The van der Waals surface area contributed by atoms with Gasteiger partial charge in [-0.15, -0.1) is 0 Å². The molecule has 1 aliphatic rings. The molecular weight excluding hydrogens is 1660 g/mol. The molecule has 1 fully saturated rings. The van der Waals surface area contributed by atoms with Crippen molar-refractivity contribution in [3.8, 4) is 0 Å². The average molecular weight is 1780 g/mol. The number of carboxylic acids is 4. The Morgan fingerprint density at radius 3 is 1.70 bits per heavy atom. The monoisotopic (exact) mass is 1780 g/mol. The van der Waals surface area contributed by atoms with Gasteiger partial charge in [-0.1, -0.05) is 95.5 Å². The highest BCUT2D eigenvalue weighted by Gasteiger charge is 2.41. The number of esters is 1. The lowest BCUT2D eigenvalue weighted by Crippen LogP contribution is -2.62. The van der Waals surface area contributed by atoms with Crippen LogP contribution >= 0.6 is 0 Å². The summed E-state index contributed by atoms with van der Waals surface area (Å²) in [6.07, 6.45) is -3.89. The standard InChI is InChI=1S/C80H115N17O29/c1-8-9-10-11-12-13-14-15-21-44(99)30-59(102)89-50(29-43-36-84-48-25-19-17-22-45(43)48)72(117)92-51(32-58(82)101)73(118)94-54(35-65(111)112)74(119)97-67-42(4)125-78(123)55(31-57(100)46-23-16-18-24-47(46)81)95-77(122)66(40(2)28-62(105)106)96-75(120)56(39-98)90-61(104)37-85-69(114)52(33-63(107)108)91-68(113)41(3)87-71(116)53(34-64(109)110)93-70(115)49(88-60(103)38-86-76(67)121)26-20-27-83-79(124)126-80(5,6)7/h16-19,22-25,36,40-42,44,49-56,66-67,84,98-99H,8-15,20-21,26-35,37-39,81H2,1-7H3,(H2,82,101)(H,83,124)(H,85,114)(H,86,121)(H,87,116)(H,88,103)(H,89,102)(H,90,104)(H,91,113)(H,92,117)(H,93,115)(H,94,118)(H,95,122)(H,96,120)(H,97,119)(H,105,106)(H,107,108)(H,109,110)(H,111,112). The largest absolute Gasteiger partial charge is 0.481 e. The number of aromatic amines is 1. The molecule has 46 nitrogen and oxygen atoms in total. The number of alkyl carbamates (subject to hydrolysis) is 1. The van der Waals surface area contributed by atoms with E-state index < -0.39 is 286 Å². The van der Waals surface area contributed by atoms with Crippen LogP contribution in [0.25, 0.3) is 10.9 Å². The first-order valence-corrected chi connectivity index (χ1v) is 40.7. The van der Waals surface area contributed by atoms with Crippen LogP contribution in [0.4, 0.5) is 10.5 Å². The molecule has 2 aromatic carbocycles. The van der Waals surface area contributed by atoms with Crippen molar-refractivity contribution >= 4 is 141 Å². The Hall–Kier alpha value is -13.4. The fraction of sp³-hybridized carbons (Fsp3) is 0.562. The number of nitrogen functional groups attached to an aromatic ring is 1. The van der Waals surface area contributed by atoms with Gasteiger partial charge in [-0.2, -0.15) is 0 Å². The summed E-state index contributed by atoms with van der Waals surface area (Å²) in [6.45, 7) is 5.42. The van der Waals surface area contributed by atoms with Crippen molar-refractivity contribution in [2.75, 3.05) is 32.0 Å². The second kappa shape index (κ2) is 52.3. The van der Waals surface area contributed by atoms with Gasteiger partial charge < -0.3 is 131 Å². The van der Waals surface area contributed by atoms with Crippen LogP contribution in [0.3, 0.4) is 0 Å². The fourth-order valence-corrected chi connectivity index (χ4v) is 12.8. The third-order valence-electron chi connectivity index (χ3n) is 19.3. The van der Waals surface area contributed by atoms with Crippen molar-refractivity contribution in [2.24, 2.45) is 11.7 Å². The molecule has 0 spiro atoms. The number of amides is 15.